The zero-order chi connectivity index (χ0) is 17.6. The minimum Gasteiger partial charge on any atom is -0.473 e. The van der Waals surface area contributed by atoms with Crippen LogP contribution in [0.4, 0.5) is 5.69 Å². The van der Waals surface area contributed by atoms with Crippen molar-refractivity contribution < 1.29 is 14.5 Å². The molecule has 0 radical (unpaired) electrons. The number of nitro benzene ring substituents is 1. The van der Waals surface area contributed by atoms with Crippen molar-refractivity contribution in [1.82, 2.24) is 15.3 Å². The van der Waals surface area contributed by atoms with Crippen molar-refractivity contribution >= 4 is 11.6 Å². The van der Waals surface area contributed by atoms with E-state index in [-0.39, 0.29) is 23.4 Å². The molecule has 25 heavy (non-hydrogen) atoms. The predicted octanol–water partition coefficient (Wildman–Crippen LogP) is 2.50. The van der Waals surface area contributed by atoms with E-state index >= 15 is 0 Å². The Morgan fingerprint density at radius 2 is 1.96 bits per heavy atom. The first kappa shape index (κ1) is 16.8. The second kappa shape index (κ2) is 7.69. The van der Waals surface area contributed by atoms with Gasteiger partial charge in [0.15, 0.2) is 0 Å². The molecule has 0 spiro atoms. The van der Waals surface area contributed by atoms with Crippen molar-refractivity contribution in [2.24, 2.45) is 0 Å². The number of para-hydroxylation sites is 1. The number of ether oxygens (including phenoxy) is 1. The lowest BCUT2D eigenvalue weighted by atomic mass is 9.92. The van der Waals surface area contributed by atoms with Gasteiger partial charge in [-0.05, 0) is 31.7 Å². The van der Waals surface area contributed by atoms with Crippen molar-refractivity contribution in [3.8, 4) is 5.88 Å². The van der Waals surface area contributed by atoms with Gasteiger partial charge in [0, 0.05) is 24.5 Å². The molecule has 2 aromatic rings. The Labute approximate surface area is 144 Å². The minimum atomic E-state index is -0.541. The molecule has 8 nitrogen and oxygen atoms in total. The van der Waals surface area contributed by atoms with E-state index in [4.69, 9.17) is 4.74 Å². The van der Waals surface area contributed by atoms with Crippen LogP contribution < -0.4 is 10.1 Å². The van der Waals surface area contributed by atoms with Gasteiger partial charge in [-0.1, -0.05) is 12.1 Å². The van der Waals surface area contributed by atoms with Crippen LogP contribution in [-0.2, 0) is 0 Å². The molecule has 0 saturated heterocycles. The van der Waals surface area contributed by atoms with Crippen LogP contribution in [0.2, 0.25) is 0 Å². The Balaban J connectivity index is 1.54. The zero-order valence-corrected chi connectivity index (χ0v) is 13.5. The summed E-state index contributed by atoms with van der Waals surface area (Å²) in [5.74, 6) is 0.0838. The molecule has 3 rings (SSSR count). The maximum atomic E-state index is 12.3. The second-order valence-corrected chi connectivity index (χ2v) is 5.88. The summed E-state index contributed by atoms with van der Waals surface area (Å²) in [4.78, 5) is 30.9. The second-order valence-electron chi connectivity index (χ2n) is 5.88. The van der Waals surface area contributed by atoms with Crippen LogP contribution in [-0.4, -0.2) is 32.9 Å². The molecule has 1 saturated carbocycles. The number of carbonyl (C=O) groups is 1. The van der Waals surface area contributed by atoms with Crippen LogP contribution in [0.15, 0.2) is 42.9 Å². The van der Waals surface area contributed by atoms with Crippen LogP contribution in [0.3, 0.4) is 0 Å². The van der Waals surface area contributed by atoms with E-state index in [2.05, 4.69) is 15.3 Å². The van der Waals surface area contributed by atoms with Gasteiger partial charge in [-0.3, -0.25) is 19.9 Å². The van der Waals surface area contributed by atoms with Crippen LogP contribution in [0, 0.1) is 10.1 Å². The number of hydrogen-bond acceptors (Lipinski definition) is 6. The van der Waals surface area contributed by atoms with Gasteiger partial charge in [0.25, 0.3) is 11.6 Å². The SMILES string of the molecule is O=C(NC1CCC(Oc2cnccn2)CC1)c1ccccc1[N+](=O)[O-]. The first-order valence-electron chi connectivity index (χ1n) is 8.10. The maximum Gasteiger partial charge on any atom is 0.282 e. The van der Waals surface area contributed by atoms with Gasteiger partial charge in [-0.2, -0.15) is 0 Å². The Morgan fingerprint density at radius 3 is 2.64 bits per heavy atom. The normalized spacial score (nSPS) is 19.8. The summed E-state index contributed by atoms with van der Waals surface area (Å²) in [6.45, 7) is 0. The smallest absolute Gasteiger partial charge is 0.282 e. The Hall–Kier alpha value is -3.03. The summed E-state index contributed by atoms with van der Waals surface area (Å²) >= 11 is 0. The van der Waals surface area contributed by atoms with Crippen molar-refractivity contribution in [1.29, 1.82) is 0 Å². The summed E-state index contributed by atoms with van der Waals surface area (Å²) in [6.07, 6.45) is 7.82. The number of rotatable bonds is 5. The highest BCUT2D eigenvalue weighted by Crippen LogP contribution is 2.24. The fourth-order valence-electron chi connectivity index (χ4n) is 2.93. The molecule has 1 aromatic carbocycles. The molecule has 1 aromatic heterocycles. The highest BCUT2D eigenvalue weighted by atomic mass is 16.6. The van der Waals surface area contributed by atoms with E-state index in [1.165, 1.54) is 12.1 Å². The van der Waals surface area contributed by atoms with Crippen molar-refractivity contribution in [2.75, 3.05) is 0 Å². The predicted molar refractivity (Wildman–Crippen MR) is 89.3 cm³/mol. The standard InChI is InChI=1S/C17H18N4O4/c22-17(14-3-1-2-4-15(14)21(23)24)20-12-5-7-13(8-6-12)25-16-11-18-9-10-19-16/h1-4,9-13H,5-8H2,(H,20,22). The third kappa shape index (κ3) is 4.28. The number of aromatic nitrogens is 2. The lowest BCUT2D eigenvalue weighted by Gasteiger charge is -2.29. The monoisotopic (exact) mass is 342 g/mol. The van der Waals surface area contributed by atoms with E-state index in [1.807, 2.05) is 0 Å². The Bertz CT molecular complexity index is 745. The van der Waals surface area contributed by atoms with Crippen molar-refractivity contribution in [3.63, 3.8) is 0 Å². The fourth-order valence-corrected chi connectivity index (χ4v) is 2.93. The van der Waals surface area contributed by atoms with E-state index in [9.17, 15) is 14.9 Å². The first-order chi connectivity index (χ1) is 12.1. The summed E-state index contributed by atoms with van der Waals surface area (Å²) in [6, 6.07) is 5.95. The number of benzene rings is 1. The average Bonchev–Trinajstić information content (AvgIpc) is 2.64. The van der Waals surface area contributed by atoms with Crippen LogP contribution >= 0.6 is 0 Å². The number of nitro groups is 1. The highest BCUT2D eigenvalue weighted by Gasteiger charge is 2.26. The molecule has 1 aliphatic rings. The number of hydrogen-bond donors (Lipinski definition) is 1. The third-order valence-corrected chi connectivity index (χ3v) is 4.18. The van der Waals surface area contributed by atoms with Crippen molar-refractivity contribution in [2.45, 2.75) is 37.8 Å². The van der Waals surface area contributed by atoms with Crippen LogP contribution in [0.25, 0.3) is 0 Å². The number of amides is 1. The molecule has 0 unspecified atom stereocenters. The van der Waals surface area contributed by atoms with Gasteiger partial charge in [0.2, 0.25) is 5.88 Å². The van der Waals surface area contributed by atoms with Gasteiger partial charge in [0.05, 0.1) is 11.1 Å². The molecule has 1 amide bonds. The van der Waals surface area contributed by atoms with Gasteiger partial charge >= 0.3 is 0 Å². The molecular weight excluding hydrogens is 324 g/mol. The number of nitrogens with one attached hydrogen (secondary N) is 1. The zero-order valence-electron chi connectivity index (χ0n) is 13.5. The Morgan fingerprint density at radius 1 is 1.20 bits per heavy atom. The highest BCUT2D eigenvalue weighted by molar-refractivity contribution is 5.98. The Kier molecular flexibility index (Phi) is 5.17. The van der Waals surface area contributed by atoms with E-state index < -0.39 is 10.8 Å². The third-order valence-electron chi connectivity index (χ3n) is 4.18. The molecule has 8 heteroatoms. The van der Waals surface area contributed by atoms with Gasteiger partial charge in [-0.15, -0.1) is 0 Å². The van der Waals surface area contributed by atoms with Gasteiger partial charge < -0.3 is 10.1 Å². The lowest BCUT2D eigenvalue weighted by molar-refractivity contribution is -0.385. The molecule has 130 valence electrons. The molecule has 1 N–H and O–H groups in total. The van der Waals surface area contributed by atoms with Crippen LogP contribution in [0.5, 0.6) is 5.88 Å². The van der Waals surface area contributed by atoms with Crippen molar-refractivity contribution in [3.05, 3.63) is 58.5 Å². The molecular formula is C17H18N4O4. The van der Waals surface area contributed by atoms with Crippen LogP contribution in [0.1, 0.15) is 36.0 Å². The molecule has 1 fully saturated rings. The van der Waals surface area contributed by atoms with E-state index in [1.54, 1.807) is 30.7 Å². The molecule has 1 aliphatic carbocycles. The van der Waals surface area contributed by atoms with Gasteiger partial charge in [0.1, 0.15) is 11.7 Å². The van der Waals surface area contributed by atoms with Gasteiger partial charge in [-0.25, -0.2) is 4.98 Å². The lowest BCUT2D eigenvalue weighted by Crippen LogP contribution is -2.39. The summed E-state index contributed by atoms with van der Waals surface area (Å²) < 4.78 is 5.77. The summed E-state index contributed by atoms with van der Waals surface area (Å²) in [5.41, 5.74) is -0.0925. The molecule has 0 aliphatic heterocycles. The summed E-state index contributed by atoms with van der Waals surface area (Å²) in [5, 5.41) is 13.9. The van der Waals surface area contributed by atoms with E-state index in [0.29, 0.717) is 5.88 Å². The number of carbonyl (C=O) groups excluding carboxylic acids is 1. The maximum absolute atomic E-state index is 12.3. The molecule has 1 heterocycles. The molecule has 0 bridgehead atoms. The van der Waals surface area contributed by atoms with E-state index in [0.717, 1.165) is 25.7 Å². The largest absolute Gasteiger partial charge is 0.473 e. The summed E-state index contributed by atoms with van der Waals surface area (Å²) in [7, 11) is 0. The topological polar surface area (TPSA) is 107 Å². The number of nitrogens with zero attached hydrogens (tertiary/aromatic N) is 3. The quantitative estimate of drug-likeness (QED) is 0.661. The minimum absolute atomic E-state index is 0.0194. The average molecular weight is 342 g/mol. The fraction of sp³-hybridized carbons (Fsp3) is 0.353. The molecule has 0 atom stereocenters. The first-order valence-corrected chi connectivity index (χ1v) is 8.10.